The molecule has 0 unspecified atom stereocenters. The third-order valence-corrected chi connectivity index (χ3v) is 4.48. The molecule has 3 aromatic rings. The van der Waals surface area contributed by atoms with Crippen molar-refractivity contribution in [1.29, 1.82) is 0 Å². The summed E-state index contributed by atoms with van der Waals surface area (Å²) in [5.41, 5.74) is 7.21. The van der Waals surface area contributed by atoms with Gasteiger partial charge in [-0.15, -0.1) is 0 Å². The Morgan fingerprint density at radius 3 is 2.80 bits per heavy atom. The van der Waals surface area contributed by atoms with E-state index in [1.807, 2.05) is 12.1 Å². The number of hydrogen-bond donors (Lipinski definition) is 2. The van der Waals surface area contributed by atoms with Gasteiger partial charge in [-0.3, -0.25) is 4.79 Å². The molecule has 1 amide bonds. The zero-order valence-electron chi connectivity index (χ0n) is 13.6. The van der Waals surface area contributed by atoms with E-state index >= 15 is 0 Å². The number of amides is 1. The number of carbonyl (C=O) groups excluding carboxylic acids is 1. The van der Waals surface area contributed by atoms with Gasteiger partial charge in [-0.1, -0.05) is 24.1 Å². The van der Waals surface area contributed by atoms with E-state index in [1.165, 1.54) is 6.26 Å². The van der Waals surface area contributed by atoms with E-state index in [2.05, 4.69) is 15.5 Å². The van der Waals surface area contributed by atoms with Crippen LogP contribution in [0.5, 0.6) is 0 Å². The number of hydrogen-bond acceptors (Lipinski definition) is 6. The molecule has 2 heterocycles. The van der Waals surface area contributed by atoms with Crippen LogP contribution in [-0.4, -0.2) is 16.0 Å². The van der Waals surface area contributed by atoms with E-state index in [0.717, 1.165) is 31.2 Å². The second kappa shape index (κ2) is 6.18. The van der Waals surface area contributed by atoms with Gasteiger partial charge in [-0.2, -0.15) is 4.98 Å². The van der Waals surface area contributed by atoms with E-state index in [-0.39, 0.29) is 11.7 Å². The average Bonchev–Trinajstić information content (AvgIpc) is 3.37. The van der Waals surface area contributed by atoms with Crippen molar-refractivity contribution < 1.29 is 13.7 Å². The van der Waals surface area contributed by atoms with E-state index in [4.69, 9.17) is 14.7 Å². The molecule has 0 aliphatic heterocycles. The van der Waals surface area contributed by atoms with Crippen molar-refractivity contribution in [3.63, 3.8) is 0 Å². The highest BCUT2D eigenvalue weighted by atomic mass is 16.5. The van der Waals surface area contributed by atoms with Crippen molar-refractivity contribution >= 4 is 11.6 Å². The Hall–Kier alpha value is -2.93. The van der Waals surface area contributed by atoms with Gasteiger partial charge in [0.05, 0.1) is 11.8 Å². The van der Waals surface area contributed by atoms with Crippen LogP contribution in [0.25, 0.3) is 11.5 Å². The normalized spacial score (nSPS) is 16.0. The molecule has 1 aliphatic rings. The van der Waals surface area contributed by atoms with Crippen molar-refractivity contribution in [1.82, 2.24) is 10.1 Å². The summed E-state index contributed by atoms with van der Waals surface area (Å²) in [6.45, 7) is 0. The van der Waals surface area contributed by atoms with Crippen molar-refractivity contribution in [3.05, 3.63) is 54.2 Å². The Bertz CT molecular complexity index is 879. The first-order valence-corrected chi connectivity index (χ1v) is 8.22. The summed E-state index contributed by atoms with van der Waals surface area (Å²) in [6.07, 6.45) is 5.34. The first-order valence-electron chi connectivity index (χ1n) is 8.22. The van der Waals surface area contributed by atoms with Crippen LogP contribution in [0.15, 0.2) is 51.6 Å². The molecule has 0 radical (unpaired) electrons. The number of furan rings is 1. The first kappa shape index (κ1) is 15.6. The topological polar surface area (TPSA) is 107 Å². The molecule has 0 bridgehead atoms. The Balaban J connectivity index is 1.55. The summed E-state index contributed by atoms with van der Waals surface area (Å²) >= 11 is 0. The molecule has 7 nitrogen and oxygen atoms in total. The molecule has 1 saturated carbocycles. The van der Waals surface area contributed by atoms with Crippen LogP contribution in [0.3, 0.4) is 0 Å². The number of nitrogens with two attached hydrogens (primary N) is 1. The molecule has 25 heavy (non-hydrogen) atoms. The smallest absolute Gasteiger partial charge is 0.291 e. The molecular formula is C18H18N4O3. The van der Waals surface area contributed by atoms with E-state index < -0.39 is 5.54 Å². The Labute approximate surface area is 144 Å². The van der Waals surface area contributed by atoms with Crippen LogP contribution in [0.4, 0.5) is 5.69 Å². The highest BCUT2D eigenvalue weighted by Gasteiger charge is 2.36. The van der Waals surface area contributed by atoms with Gasteiger partial charge in [-0.05, 0) is 43.2 Å². The molecular weight excluding hydrogens is 320 g/mol. The summed E-state index contributed by atoms with van der Waals surface area (Å²) in [7, 11) is 0. The minimum absolute atomic E-state index is 0.247. The van der Waals surface area contributed by atoms with Crippen LogP contribution in [0.1, 0.15) is 42.1 Å². The second-order valence-corrected chi connectivity index (χ2v) is 6.30. The van der Waals surface area contributed by atoms with Crippen molar-refractivity contribution in [3.8, 4) is 11.5 Å². The summed E-state index contributed by atoms with van der Waals surface area (Å²) in [5, 5.41) is 6.84. The highest BCUT2D eigenvalue weighted by molar-refractivity contribution is 6.02. The lowest BCUT2D eigenvalue weighted by atomic mass is 9.99. The van der Waals surface area contributed by atoms with Crippen LogP contribution in [0, 0.1) is 0 Å². The fraction of sp³-hybridized carbons (Fsp3) is 0.278. The van der Waals surface area contributed by atoms with E-state index in [1.54, 1.807) is 24.3 Å². The van der Waals surface area contributed by atoms with Crippen molar-refractivity contribution in [2.24, 2.45) is 5.73 Å². The largest absolute Gasteiger partial charge is 0.459 e. The van der Waals surface area contributed by atoms with Gasteiger partial charge in [0, 0.05) is 11.3 Å². The fourth-order valence-corrected chi connectivity index (χ4v) is 3.10. The first-order chi connectivity index (χ1) is 12.1. The molecule has 7 heteroatoms. The minimum Gasteiger partial charge on any atom is -0.459 e. The number of nitrogens with one attached hydrogen (secondary N) is 1. The van der Waals surface area contributed by atoms with Crippen LogP contribution < -0.4 is 11.1 Å². The van der Waals surface area contributed by atoms with Crippen molar-refractivity contribution in [2.75, 3.05) is 5.32 Å². The van der Waals surface area contributed by atoms with Crippen LogP contribution in [0.2, 0.25) is 0 Å². The minimum atomic E-state index is -0.493. The predicted octanol–water partition coefficient (Wildman–Crippen LogP) is 3.31. The number of rotatable bonds is 4. The molecule has 0 spiro atoms. The second-order valence-electron chi connectivity index (χ2n) is 6.30. The Morgan fingerprint density at radius 2 is 2.04 bits per heavy atom. The number of nitrogens with zero attached hydrogens (tertiary/aromatic N) is 2. The molecule has 1 aliphatic carbocycles. The molecule has 1 aromatic carbocycles. The lowest BCUT2D eigenvalue weighted by Gasteiger charge is -2.17. The maximum Gasteiger partial charge on any atom is 0.291 e. The summed E-state index contributed by atoms with van der Waals surface area (Å²) in [4.78, 5) is 16.5. The molecule has 0 atom stereocenters. The number of anilines is 1. The lowest BCUT2D eigenvalue weighted by molar-refractivity contribution is 0.0996. The standard InChI is InChI=1S/C18H18N4O3/c19-18(8-1-2-9-18)17-21-16(25-22-17)12-5-3-6-13(11-12)20-15(23)14-7-4-10-24-14/h3-7,10-11H,1-2,8-9,19H2,(H,20,23). The van der Waals surface area contributed by atoms with Crippen molar-refractivity contribution in [2.45, 2.75) is 31.2 Å². The number of carbonyl (C=O) groups is 1. The summed E-state index contributed by atoms with van der Waals surface area (Å²) in [5.74, 6) is 0.864. The zero-order chi connectivity index (χ0) is 17.3. The quantitative estimate of drug-likeness (QED) is 0.755. The maximum absolute atomic E-state index is 12.1. The molecule has 0 saturated heterocycles. The summed E-state index contributed by atoms with van der Waals surface area (Å²) < 4.78 is 10.5. The lowest BCUT2D eigenvalue weighted by Crippen LogP contribution is -2.34. The molecule has 2 aromatic heterocycles. The fourth-order valence-electron chi connectivity index (χ4n) is 3.10. The van der Waals surface area contributed by atoms with E-state index in [9.17, 15) is 4.79 Å². The van der Waals surface area contributed by atoms with Gasteiger partial charge < -0.3 is 20.0 Å². The Morgan fingerprint density at radius 1 is 1.20 bits per heavy atom. The van der Waals surface area contributed by atoms with Gasteiger partial charge >= 0.3 is 0 Å². The maximum atomic E-state index is 12.1. The van der Waals surface area contributed by atoms with E-state index in [0.29, 0.717) is 17.4 Å². The predicted molar refractivity (Wildman–Crippen MR) is 90.7 cm³/mol. The monoisotopic (exact) mass is 338 g/mol. The number of benzene rings is 1. The van der Waals surface area contributed by atoms with Gasteiger partial charge in [0.25, 0.3) is 11.8 Å². The molecule has 4 rings (SSSR count). The van der Waals surface area contributed by atoms with Gasteiger partial charge in [0.15, 0.2) is 11.6 Å². The summed E-state index contributed by atoms with van der Waals surface area (Å²) in [6, 6.07) is 10.5. The van der Waals surface area contributed by atoms with Crippen LogP contribution in [-0.2, 0) is 5.54 Å². The Kier molecular flexibility index (Phi) is 3.85. The molecule has 128 valence electrons. The number of aromatic nitrogens is 2. The van der Waals surface area contributed by atoms with Gasteiger partial charge in [0.2, 0.25) is 0 Å². The average molecular weight is 338 g/mol. The van der Waals surface area contributed by atoms with Gasteiger partial charge in [-0.25, -0.2) is 0 Å². The SMILES string of the molecule is NC1(c2noc(-c3cccc(NC(=O)c4ccco4)c3)n2)CCCC1. The van der Waals surface area contributed by atoms with Gasteiger partial charge in [0.1, 0.15) is 0 Å². The third kappa shape index (κ3) is 3.06. The zero-order valence-corrected chi connectivity index (χ0v) is 13.6. The third-order valence-electron chi connectivity index (χ3n) is 4.48. The molecule has 3 N–H and O–H groups in total. The van der Waals surface area contributed by atoms with Crippen LogP contribution >= 0.6 is 0 Å². The molecule has 1 fully saturated rings. The highest BCUT2D eigenvalue weighted by Crippen LogP contribution is 2.35.